The number of aromatic amines is 1. The van der Waals surface area contributed by atoms with Gasteiger partial charge in [-0.2, -0.15) is 0 Å². The standard InChI is InChI=1S/C5H5N3O3S/c1-11-4-3(8(9)10)5(12)7-2-6-4/h2H,1H3,(H,6,7,12). The summed E-state index contributed by atoms with van der Waals surface area (Å²) in [5.41, 5.74) is -0.310. The van der Waals surface area contributed by atoms with E-state index < -0.39 is 4.92 Å². The van der Waals surface area contributed by atoms with Crippen molar-refractivity contribution in [3.05, 3.63) is 21.1 Å². The molecule has 0 amide bonds. The summed E-state index contributed by atoms with van der Waals surface area (Å²) in [5, 5.41) is 10.4. The summed E-state index contributed by atoms with van der Waals surface area (Å²) in [4.78, 5) is 15.8. The topological polar surface area (TPSA) is 81.0 Å². The third kappa shape index (κ3) is 1.40. The number of methoxy groups -OCH3 is 1. The van der Waals surface area contributed by atoms with Gasteiger partial charge < -0.3 is 9.72 Å². The molecule has 0 radical (unpaired) electrons. The van der Waals surface area contributed by atoms with Crippen molar-refractivity contribution in [2.24, 2.45) is 0 Å². The Balaban J connectivity index is 3.40. The number of nitro groups is 1. The zero-order valence-electron chi connectivity index (χ0n) is 6.10. The van der Waals surface area contributed by atoms with Gasteiger partial charge in [-0.25, -0.2) is 4.98 Å². The minimum atomic E-state index is -0.634. The van der Waals surface area contributed by atoms with Gasteiger partial charge in [0.2, 0.25) is 4.64 Å². The van der Waals surface area contributed by atoms with Crippen molar-refractivity contribution in [2.75, 3.05) is 7.11 Å². The van der Waals surface area contributed by atoms with Crippen LogP contribution in [0.5, 0.6) is 5.88 Å². The van der Waals surface area contributed by atoms with E-state index in [-0.39, 0.29) is 16.2 Å². The van der Waals surface area contributed by atoms with Gasteiger partial charge in [0.1, 0.15) is 0 Å². The van der Waals surface area contributed by atoms with Gasteiger partial charge in [0, 0.05) is 0 Å². The van der Waals surface area contributed by atoms with Gasteiger partial charge in [0.15, 0.2) is 0 Å². The van der Waals surface area contributed by atoms with Crippen LogP contribution in [0.15, 0.2) is 6.33 Å². The fraction of sp³-hybridized carbons (Fsp3) is 0.200. The van der Waals surface area contributed by atoms with E-state index in [1.807, 2.05) is 0 Å². The predicted octanol–water partition coefficient (Wildman–Crippen LogP) is 1.06. The molecule has 0 aromatic carbocycles. The Morgan fingerprint density at radius 1 is 1.83 bits per heavy atom. The highest BCUT2D eigenvalue weighted by atomic mass is 32.1. The second-order valence-electron chi connectivity index (χ2n) is 1.85. The first-order chi connectivity index (χ1) is 5.66. The lowest BCUT2D eigenvalue weighted by Crippen LogP contribution is -1.97. The van der Waals surface area contributed by atoms with Crippen molar-refractivity contribution in [1.82, 2.24) is 9.97 Å². The number of hydrogen-bond donors (Lipinski definition) is 1. The number of nitrogens with zero attached hydrogens (tertiary/aromatic N) is 2. The quantitative estimate of drug-likeness (QED) is 0.425. The fourth-order valence-corrected chi connectivity index (χ4v) is 0.913. The Labute approximate surface area is 72.4 Å². The van der Waals surface area contributed by atoms with E-state index >= 15 is 0 Å². The second kappa shape index (κ2) is 3.26. The summed E-state index contributed by atoms with van der Waals surface area (Å²) in [5.74, 6) is 0.0139. The van der Waals surface area contributed by atoms with Crippen LogP contribution in [0.3, 0.4) is 0 Å². The maximum absolute atomic E-state index is 10.4. The van der Waals surface area contributed by atoms with Crippen molar-refractivity contribution in [3.63, 3.8) is 0 Å². The average Bonchev–Trinajstić information content (AvgIpc) is 2.03. The second-order valence-corrected chi connectivity index (χ2v) is 2.23. The Morgan fingerprint density at radius 2 is 2.50 bits per heavy atom. The van der Waals surface area contributed by atoms with Crippen LogP contribution in [0, 0.1) is 14.8 Å². The number of rotatable bonds is 2. The summed E-state index contributed by atoms with van der Waals surface area (Å²) in [7, 11) is 1.31. The lowest BCUT2D eigenvalue weighted by molar-refractivity contribution is -0.386. The molecular weight excluding hydrogens is 182 g/mol. The molecule has 0 saturated carbocycles. The molecule has 1 aromatic heterocycles. The number of nitrogens with one attached hydrogen (secondary N) is 1. The Kier molecular flexibility index (Phi) is 2.34. The first-order valence-electron chi connectivity index (χ1n) is 2.93. The Hall–Kier alpha value is -1.50. The Morgan fingerprint density at radius 3 is 2.92 bits per heavy atom. The van der Waals surface area contributed by atoms with Crippen molar-refractivity contribution < 1.29 is 9.66 Å². The number of hydrogen-bond acceptors (Lipinski definition) is 5. The molecule has 0 aliphatic rings. The third-order valence-corrected chi connectivity index (χ3v) is 1.48. The first kappa shape index (κ1) is 8.60. The van der Waals surface area contributed by atoms with Gasteiger partial charge >= 0.3 is 5.69 Å². The summed E-state index contributed by atoms with van der Waals surface area (Å²) in [6, 6.07) is 0. The van der Waals surface area contributed by atoms with Crippen LogP contribution in [-0.2, 0) is 0 Å². The maximum Gasteiger partial charge on any atom is 0.365 e. The monoisotopic (exact) mass is 187 g/mol. The normalized spacial score (nSPS) is 9.42. The predicted molar refractivity (Wildman–Crippen MR) is 42.6 cm³/mol. The lowest BCUT2D eigenvalue weighted by Gasteiger charge is -1.98. The van der Waals surface area contributed by atoms with E-state index in [1.54, 1.807) is 0 Å². The molecule has 6 nitrogen and oxygen atoms in total. The molecule has 12 heavy (non-hydrogen) atoms. The maximum atomic E-state index is 10.4. The molecule has 0 aliphatic carbocycles. The molecule has 1 aromatic rings. The summed E-state index contributed by atoms with van der Waals surface area (Å²) in [6.07, 6.45) is 1.24. The van der Waals surface area contributed by atoms with Gasteiger partial charge in [-0.3, -0.25) is 10.1 Å². The minimum absolute atomic E-state index is 0.0139. The van der Waals surface area contributed by atoms with Crippen molar-refractivity contribution in [3.8, 4) is 5.88 Å². The summed E-state index contributed by atoms with van der Waals surface area (Å²) >= 11 is 4.63. The molecule has 7 heteroatoms. The largest absolute Gasteiger partial charge is 0.477 e. The van der Waals surface area contributed by atoms with Crippen molar-refractivity contribution in [1.29, 1.82) is 0 Å². The smallest absolute Gasteiger partial charge is 0.365 e. The number of aromatic nitrogens is 2. The van der Waals surface area contributed by atoms with E-state index in [0.29, 0.717) is 0 Å². The molecule has 1 N–H and O–H groups in total. The number of ether oxygens (including phenoxy) is 1. The molecule has 64 valence electrons. The molecule has 1 rings (SSSR count). The molecule has 0 spiro atoms. The fourth-order valence-electron chi connectivity index (χ4n) is 0.693. The van der Waals surface area contributed by atoms with Crippen molar-refractivity contribution in [2.45, 2.75) is 0 Å². The lowest BCUT2D eigenvalue weighted by atomic mass is 10.5. The van der Waals surface area contributed by atoms with Gasteiger partial charge in [0.25, 0.3) is 5.88 Å². The molecule has 0 unspecified atom stereocenters. The highest BCUT2D eigenvalue weighted by Gasteiger charge is 2.17. The van der Waals surface area contributed by atoms with E-state index in [9.17, 15) is 10.1 Å². The molecule has 0 aliphatic heterocycles. The van der Waals surface area contributed by atoms with E-state index in [2.05, 4.69) is 26.9 Å². The van der Waals surface area contributed by atoms with Crippen LogP contribution in [0.25, 0.3) is 0 Å². The summed E-state index contributed by atoms with van der Waals surface area (Å²) < 4.78 is 4.60. The molecule has 0 atom stereocenters. The molecule has 0 bridgehead atoms. The first-order valence-corrected chi connectivity index (χ1v) is 3.33. The van der Waals surface area contributed by atoms with Crippen LogP contribution in [0.4, 0.5) is 5.69 Å². The van der Waals surface area contributed by atoms with Crippen LogP contribution in [0.1, 0.15) is 0 Å². The minimum Gasteiger partial charge on any atom is -0.477 e. The van der Waals surface area contributed by atoms with Gasteiger partial charge in [-0.15, -0.1) is 0 Å². The van der Waals surface area contributed by atoms with Gasteiger partial charge in [-0.1, -0.05) is 12.2 Å². The van der Waals surface area contributed by atoms with Crippen LogP contribution in [-0.4, -0.2) is 22.0 Å². The van der Waals surface area contributed by atoms with E-state index in [1.165, 1.54) is 13.4 Å². The zero-order valence-corrected chi connectivity index (χ0v) is 6.92. The van der Waals surface area contributed by atoms with Crippen molar-refractivity contribution >= 4 is 17.9 Å². The molecule has 1 heterocycles. The van der Waals surface area contributed by atoms with Gasteiger partial charge in [-0.05, 0) is 0 Å². The van der Waals surface area contributed by atoms with E-state index in [0.717, 1.165) is 0 Å². The highest BCUT2D eigenvalue weighted by molar-refractivity contribution is 7.71. The van der Waals surface area contributed by atoms with E-state index in [4.69, 9.17) is 0 Å². The number of H-pyrrole nitrogens is 1. The average molecular weight is 187 g/mol. The molecule has 0 fully saturated rings. The molecule has 0 saturated heterocycles. The molecular formula is C5H5N3O3S. The van der Waals surface area contributed by atoms with Gasteiger partial charge in [0.05, 0.1) is 18.4 Å². The van der Waals surface area contributed by atoms with Crippen LogP contribution in [0.2, 0.25) is 0 Å². The zero-order chi connectivity index (χ0) is 9.14. The summed E-state index contributed by atoms with van der Waals surface area (Å²) in [6.45, 7) is 0. The van der Waals surface area contributed by atoms with Crippen LogP contribution >= 0.6 is 12.2 Å². The third-order valence-electron chi connectivity index (χ3n) is 1.18. The Bertz CT molecular complexity index is 361. The SMILES string of the molecule is COc1[nH]cnc(=S)c1[N+](=O)[O-]. The highest BCUT2D eigenvalue weighted by Crippen LogP contribution is 2.22. The van der Waals surface area contributed by atoms with Crippen LogP contribution < -0.4 is 4.74 Å².